The van der Waals surface area contributed by atoms with Gasteiger partial charge in [-0.15, -0.1) is 22.7 Å². The molecule has 21 heavy (non-hydrogen) atoms. The predicted octanol–water partition coefficient (Wildman–Crippen LogP) is 7.36. The van der Waals surface area contributed by atoms with Crippen LogP contribution in [0, 0.1) is 0 Å². The standard InChI is InChI=1S/C17H10Br2S2/c18-13-6-5-12(10-3-1-2-4-11(10)13)17(19)16-9-15-14(21-16)7-8-20-15/h1-9,17H. The molecule has 4 heteroatoms. The lowest BCUT2D eigenvalue weighted by molar-refractivity contribution is 1.25. The average Bonchev–Trinajstić information content (AvgIpc) is 3.08. The van der Waals surface area contributed by atoms with Gasteiger partial charge in [-0.05, 0) is 39.9 Å². The molecule has 0 saturated carbocycles. The summed E-state index contributed by atoms with van der Waals surface area (Å²) in [4.78, 5) is 1.60. The van der Waals surface area contributed by atoms with Gasteiger partial charge in [-0.1, -0.05) is 62.2 Å². The Kier molecular flexibility index (Phi) is 3.66. The Bertz CT molecular complexity index is 908. The van der Waals surface area contributed by atoms with Gasteiger partial charge in [0.2, 0.25) is 0 Å². The van der Waals surface area contributed by atoms with Crippen LogP contribution in [-0.4, -0.2) is 0 Å². The van der Waals surface area contributed by atoms with Crippen LogP contribution in [0.2, 0.25) is 0 Å². The molecular formula is C17H10Br2S2. The molecule has 1 atom stereocenters. The summed E-state index contributed by atoms with van der Waals surface area (Å²) in [7, 11) is 0. The number of fused-ring (bicyclic) bond motifs is 2. The van der Waals surface area contributed by atoms with E-state index in [1.165, 1.54) is 30.6 Å². The van der Waals surface area contributed by atoms with Crippen LogP contribution in [0.1, 0.15) is 15.3 Å². The van der Waals surface area contributed by atoms with Crippen LogP contribution in [0.25, 0.3) is 20.2 Å². The van der Waals surface area contributed by atoms with E-state index in [-0.39, 0.29) is 4.83 Å². The largest absolute Gasteiger partial charge is 0.143 e. The summed E-state index contributed by atoms with van der Waals surface area (Å²) in [5, 5.41) is 4.71. The van der Waals surface area contributed by atoms with Gasteiger partial charge in [-0.3, -0.25) is 0 Å². The third-order valence-corrected chi connectivity index (χ3v) is 7.73. The molecule has 0 aliphatic carbocycles. The molecular weight excluding hydrogens is 428 g/mol. The summed E-state index contributed by atoms with van der Waals surface area (Å²) in [6.07, 6.45) is 0. The van der Waals surface area contributed by atoms with Crippen molar-refractivity contribution >= 4 is 74.7 Å². The number of halogens is 2. The number of alkyl halides is 1. The molecule has 0 aliphatic heterocycles. The molecule has 2 heterocycles. The zero-order chi connectivity index (χ0) is 14.4. The fraction of sp³-hybridized carbons (Fsp3) is 0.0588. The molecule has 1 unspecified atom stereocenters. The van der Waals surface area contributed by atoms with Crippen LogP contribution in [0.5, 0.6) is 0 Å². The summed E-state index contributed by atoms with van der Waals surface area (Å²) < 4.78 is 3.90. The Hall–Kier alpha value is -0.680. The second-order valence-electron chi connectivity index (χ2n) is 4.84. The normalized spacial score (nSPS) is 13.0. The molecule has 104 valence electrons. The van der Waals surface area contributed by atoms with E-state index in [9.17, 15) is 0 Å². The Morgan fingerprint density at radius 1 is 0.905 bits per heavy atom. The van der Waals surface area contributed by atoms with E-state index in [4.69, 9.17) is 0 Å². The first-order valence-electron chi connectivity index (χ1n) is 6.52. The molecule has 2 aromatic carbocycles. The van der Waals surface area contributed by atoms with E-state index in [1.54, 1.807) is 0 Å². The topological polar surface area (TPSA) is 0 Å². The van der Waals surface area contributed by atoms with Crippen molar-refractivity contribution in [2.24, 2.45) is 0 Å². The Labute approximate surface area is 147 Å². The second kappa shape index (κ2) is 5.51. The zero-order valence-corrected chi connectivity index (χ0v) is 15.7. The molecule has 0 amide bonds. The van der Waals surface area contributed by atoms with Gasteiger partial charge in [0.1, 0.15) is 0 Å². The molecule has 0 N–H and O–H groups in total. The number of rotatable bonds is 2. The maximum Gasteiger partial charge on any atom is 0.0744 e. The van der Waals surface area contributed by atoms with Crippen molar-refractivity contribution < 1.29 is 0 Å². The fourth-order valence-electron chi connectivity index (χ4n) is 2.57. The summed E-state index contributed by atoms with van der Waals surface area (Å²) in [5.74, 6) is 0. The Morgan fingerprint density at radius 2 is 1.71 bits per heavy atom. The summed E-state index contributed by atoms with van der Waals surface area (Å²) in [5.41, 5.74) is 1.32. The van der Waals surface area contributed by atoms with Gasteiger partial charge in [0.15, 0.2) is 0 Å². The number of hydrogen-bond acceptors (Lipinski definition) is 2. The minimum atomic E-state index is 0.236. The van der Waals surface area contributed by atoms with Gasteiger partial charge in [-0.25, -0.2) is 0 Å². The number of hydrogen-bond donors (Lipinski definition) is 0. The first-order chi connectivity index (χ1) is 10.2. The Balaban J connectivity index is 1.89. The van der Waals surface area contributed by atoms with E-state index in [1.807, 2.05) is 22.7 Å². The lowest BCUT2D eigenvalue weighted by atomic mass is 10.0. The molecule has 4 aromatic rings. The summed E-state index contributed by atoms with van der Waals surface area (Å²) in [6.45, 7) is 0. The maximum atomic E-state index is 3.90. The van der Waals surface area contributed by atoms with Crippen LogP contribution in [-0.2, 0) is 0 Å². The molecule has 0 radical (unpaired) electrons. The van der Waals surface area contributed by atoms with Crippen molar-refractivity contribution in [3.8, 4) is 0 Å². The van der Waals surface area contributed by atoms with Crippen LogP contribution in [0.4, 0.5) is 0 Å². The van der Waals surface area contributed by atoms with E-state index < -0.39 is 0 Å². The van der Waals surface area contributed by atoms with Gasteiger partial charge >= 0.3 is 0 Å². The third kappa shape index (κ3) is 2.38. The van der Waals surface area contributed by atoms with Crippen LogP contribution in [0.3, 0.4) is 0 Å². The van der Waals surface area contributed by atoms with E-state index in [0.717, 1.165) is 4.47 Å². The molecule has 0 aliphatic rings. The van der Waals surface area contributed by atoms with E-state index >= 15 is 0 Å². The zero-order valence-electron chi connectivity index (χ0n) is 10.8. The van der Waals surface area contributed by atoms with Crippen molar-refractivity contribution in [1.82, 2.24) is 0 Å². The van der Waals surface area contributed by atoms with Crippen molar-refractivity contribution in [2.45, 2.75) is 4.83 Å². The summed E-state index contributed by atoms with van der Waals surface area (Å²) in [6, 6.07) is 17.4. The molecule has 4 rings (SSSR count). The van der Waals surface area contributed by atoms with Gasteiger partial charge in [0.05, 0.1) is 4.83 Å². The minimum Gasteiger partial charge on any atom is -0.143 e. The Morgan fingerprint density at radius 3 is 2.52 bits per heavy atom. The van der Waals surface area contributed by atoms with Crippen LogP contribution >= 0.6 is 54.5 Å². The smallest absolute Gasteiger partial charge is 0.0744 e. The summed E-state index contributed by atoms with van der Waals surface area (Å²) >= 11 is 11.2. The van der Waals surface area contributed by atoms with Gasteiger partial charge in [0, 0.05) is 18.7 Å². The van der Waals surface area contributed by atoms with Crippen molar-refractivity contribution in [3.63, 3.8) is 0 Å². The van der Waals surface area contributed by atoms with E-state index in [2.05, 4.69) is 85.8 Å². The average molecular weight is 438 g/mol. The number of benzene rings is 2. The molecule has 0 nitrogen and oxygen atoms in total. The maximum absolute atomic E-state index is 3.90. The highest BCUT2D eigenvalue weighted by Gasteiger charge is 2.17. The SMILES string of the molecule is Brc1ccc(C(Br)c2cc3sccc3s2)c2ccccc12. The molecule has 0 bridgehead atoms. The first kappa shape index (κ1) is 13.9. The second-order valence-corrected chi connectivity index (χ2v) is 8.68. The molecule has 2 aromatic heterocycles. The molecule has 0 spiro atoms. The van der Waals surface area contributed by atoms with Crippen molar-refractivity contribution in [2.75, 3.05) is 0 Å². The lowest BCUT2D eigenvalue weighted by Gasteiger charge is -2.13. The van der Waals surface area contributed by atoms with Crippen molar-refractivity contribution in [1.29, 1.82) is 0 Å². The number of thiophene rings is 2. The monoisotopic (exact) mass is 436 g/mol. The van der Waals surface area contributed by atoms with Gasteiger partial charge in [-0.2, -0.15) is 0 Å². The minimum absolute atomic E-state index is 0.236. The lowest BCUT2D eigenvalue weighted by Crippen LogP contribution is -1.91. The quantitative estimate of drug-likeness (QED) is 0.287. The first-order valence-corrected chi connectivity index (χ1v) is 9.92. The molecule has 0 saturated heterocycles. The third-order valence-electron chi connectivity index (χ3n) is 3.59. The van der Waals surface area contributed by atoms with Crippen molar-refractivity contribution in [3.05, 3.63) is 68.8 Å². The van der Waals surface area contributed by atoms with Gasteiger partial charge < -0.3 is 0 Å². The highest BCUT2D eigenvalue weighted by Crippen LogP contribution is 2.42. The highest BCUT2D eigenvalue weighted by molar-refractivity contribution is 9.10. The predicted molar refractivity (Wildman–Crippen MR) is 102 cm³/mol. The van der Waals surface area contributed by atoms with Gasteiger partial charge in [0.25, 0.3) is 0 Å². The van der Waals surface area contributed by atoms with Crippen LogP contribution < -0.4 is 0 Å². The fourth-order valence-corrected chi connectivity index (χ4v) is 5.98. The molecule has 0 fully saturated rings. The highest BCUT2D eigenvalue weighted by atomic mass is 79.9. The van der Waals surface area contributed by atoms with Crippen LogP contribution in [0.15, 0.2) is 58.4 Å². The van der Waals surface area contributed by atoms with E-state index in [0.29, 0.717) is 0 Å².